The summed E-state index contributed by atoms with van der Waals surface area (Å²) in [5, 5.41) is 0. The van der Waals surface area contributed by atoms with Gasteiger partial charge in [0, 0.05) is 19.8 Å². The van der Waals surface area contributed by atoms with Crippen LogP contribution in [0.3, 0.4) is 0 Å². The highest BCUT2D eigenvalue weighted by molar-refractivity contribution is 5.66. The minimum atomic E-state index is -0.223. The molecule has 0 spiro atoms. The number of unbranched alkanes of at least 4 members (excludes halogenated alkanes) is 2. The van der Waals surface area contributed by atoms with Crippen molar-refractivity contribution >= 4 is 5.97 Å². The zero-order chi connectivity index (χ0) is 16.9. The van der Waals surface area contributed by atoms with E-state index in [1.165, 1.54) is 19.8 Å². The number of carbonyl (C=O) groups excluding carboxylic acids is 1. The topological polar surface area (TPSA) is 54.0 Å². The molecule has 0 saturated carbocycles. The Hall–Kier alpha value is -1.75. The highest BCUT2D eigenvalue weighted by atomic mass is 16.7. The molecule has 0 bridgehead atoms. The number of fused-ring (bicyclic) bond motifs is 1. The van der Waals surface area contributed by atoms with Crippen molar-refractivity contribution in [3.63, 3.8) is 0 Å². The Balaban J connectivity index is 1.71. The normalized spacial score (nSPS) is 25.5. The quantitative estimate of drug-likeness (QED) is 0.578. The van der Waals surface area contributed by atoms with Crippen LogP contribution in [0.15, 0.2) is 18.2 Å². The summed E-state index contributed by atoms with van der Waals surface area (Å²) < 4.78 is 22.6. The van der Waals surface area contributed by atoms with Crippen LogP contribution in [0.25, 0.3) is 0 Å². The number of rotatable bonds is 6. The molecule has 1 aromatic carbocycles. The lowest BCUT2D eigenvalue weighted by Gasteiger charge is -2.35. The first-order valence-electron chi connectivity index (χ1n) is 8.88. The number of esters is 1. The van der Waals surface area contributed by atoms with Crippen molar-refractivity contribution in [2.45, 2.75) is 70.7 Å². The standard InChI is InChI=1S/C19H26O5/c1-3-4-5-6-15-10-16(23-13(2)20)11-18(24-15)14-7-8-17-19(9-14)22-12-21-17/h7-9,15-16,18H,3-6,10-12H2,1-2H3/t15-,16+,18-/m0/s1. The van der Waals surface area contributed by atoms with Gasteiger partial charge in [0.15, 0.2) is 11.5 Å². The molecule has 3 rings (SSSR count). The van der Waals surface area contributed by atoms with Gasteiger partial charge in [-0.25, -0.2) is 0 Å². The van der Waals surface area contributed by atoms with Crippen molar-refractivity contribution in [1.29, 1.82) is 0 Å². The maximum atomic E-state index is 11.4. The van der Waals surface area contributed by atoms with Crippen molar-refractivity contribution in [1.82, 2.24) is 0 Å². The van der Waals surface area contributed by atoms with Gasteiger partial charge in [-0.15, -0.1) is 0 Å². The molecule has 0 amide bonds. The van der Waals surface area contributed by atoms with Crippen LogP contribution in [-0.2, 0) is 14.3 Å². The highest BCUT2D eigenvalue weighted by Crippen LogP contribution is 2.39. The Kier molecular flexibility index (Phi) is 5.61. The Labute approximate surface area is 143 Å². The monoisotopic (exact) mass is 334 g/mol. The van der Waals surface area contributed by atoms with Gasteiger partial charge in [-0.1, -0.05) is 32.3 Å². The smallest absolute Gasteiger partial charge is 0.302 e. The van der Waals surface area contributed by atoms with E-state index in [0.29, 0.717) is 6.42 Å². The molecule has 1 aromatic rings. The molecule has 0 radical (unpaired) electrons. The van der Waals surface area contributed by atoms with E-state index in [-0.39, 0.29) is 31.1 Å². The van der Waals surface area contributed by atoms with Gasteiger partial charge in [0.1, 0.15) is 6.10 Å². The van der Waals surface area contributed by atoms with E-state index in [2.05, 4.69) is 6.92 Å². The fourth-order valence-corrected chi connectivity index (χ4v) is 3.44. The molecule has 5 heteroatoms. The van der Waals surface area contributed by atoms with E-state index in [9.17, 15) is 4.79 Å². The largest absolute Gasteiger partial charge is 0.462 e. The second kappa shape index (κ2) is 7.88. The van der Waals surface area contributed by atoms with Crippen molar-refractivity contribution in [2.24, 2.45) is 0 Å². The summed E-state index contributed by atoms with van der Waals surface area (Å²) in [5.41, 5.74) is 1.05. The van der Waals surface area contributed by atoms with Gasteiger partial charge in [0.2, 0.25) is 6.79 Å². The van der Waals surface area contributed by atoms with E-state index in [1.54, 1.807) is 0 Å². The summed E-state index contributed by atoms with van der Waals surface area (Å²) in [6.07, 6.45) is 5.97. The Morgan fingerprint density at radius 3 is 2.83 bits per heavy atom. The zero-order valence-electron chi connectivity index (χ0n) is 14.5. The molecular weight excluding hydrogens is 308 g/mol. The van der Waals surface area contributed by atoms with E-state index < -0.39 is 0 Å². The molecule has 2 heterocycles. The van der Waals surface area contributed by atoms with Gasteiger partial charge in [0.05, 0.1) is 12.2 Å². The second-order valence-corrected chi connectivity index (χ2v) is 6.56. The van der Waals surface area contributed by atoms with Crippen LogP contribution in [-0.4, -0.2) is 25.0 Å². The van der Waals surface area contributed by atoms with Crippen LogP contribution in [0.4, 0.5) is 0 Å². The maximum absolute atomic E-state index is 11.4. The summed E-state index contributed by atoms with van der Waals surface area (Å²) in [4.78, 5) is 11.4. The third-order valence-corrected chi connectivity index (χ3v) is 4.59. The molecule has 0 aliphatic carbocycles. The summed E-state index contributed by atoms with van der Waals surface area (Å²) in [6.45, 7) is 3.93. The average molecular weight is 334 g/mol. The van der Waals surface area contributed by atoms with E-state index in [0.717, 1.165) is 36.3 Å². The maximum Gasteiger partial charge on any atom is 0.302 e. The van der Waals surface area contributed by atoms with Gasteiger partial charge in [-0.2, -0.15) is 0 Å². The van der Waals surface area contributed by atoms with Crippen molar-refractivity contribution in [3.8, 4) is 11.5 Å². The summed E-state index contributed by atoms with van der Waals surface area (Å²) >= 11 is 0. The molecule has 0 unspecified atom stereocenters. The van der Waals surface area contributed by atoms with Crippen LogP contribution in [0, 0.1) is 0 Å². The predicted octanol–water partition coefficient (Wildman–Crippen LogP) is 4.15. The van der Waals surface area contributed by atoms with Crippen molar-refractivity contribution in [2.75, 3.05) is 6.79 Å². The molecule has 1 saturated heterocycles. The van der Waals surface area contributed by atoms with Gasteiger partial charge in [-0.3, -0.25) is 4.79 Å². The van der Waals surface area contributed by atoms with Crippen LogP contribution in [0.1, 0.15) is 64.0 Å². The minimum absolute atomic E-state index is 0.0794. The lowest BCUT2D eigenvalue weighted by Crippen LogP contribution is -2.34. The molecule has 132 valence electrons. The molecular formula is C19H26O5. The minimum Gasteiger partial charge on any atom is -0.462 e. The molecule has 1 fully saturated rings. The van der Waals surface area contributed by atoms with Crippen LogP contribution >= 0.6 is 0 Å². The zero-order valence-corrected chi connectivity index (χ0v) is 14.5. The van der Waals surface area contributed by atoms with Gasteiger partial charge in [-0.05, 0) is 24.1 Å². The molecule has 2 aliphatic heterocycles. The lowest BCUT2D eigenvalue weighted by molar-refractivity contribution is -0.160. The fourth-order valence-electron chi connectivity index (χ4n) is 3.44. The predicted molar refractivity (Wildman–Crippen MR) is 89.1 cm³/mol. The molecule has 5 nitrogen and oxygen atoms in total. The molecule has 0 N–H and O–H groups in total. The van der Waals surface area contributed by atoms with Crippen LogP contribution < -0.4 is 9.47 Å². The number of ether oxygens (including phenoxy) is 4. The summed E-state index contributed by atoms with van der Waals surface area (Å²) in [7, 11) is 0. The Morgan fingerprint density at radius 2 is 2.04 bits per heavy atom. The van der Waals surface area contributed by atoms with E-state index in [4.69, 9.17) is 18.9 Å². The van der Waals surface area contributed by atoms with E-state index >= 15 is 0 Å². The Morgan fingerprint density at radius 1 is 1.21 bits per heavy atom. The average Bonchev–Trinajstić information content (AvgIpc) is 3.02. The molecule has 24 heavy (non-hydrogen) atoms. The number of hydrogen-bond donors (Lipinski definition) is 0. The number of hydrogen-bond acceptors (Lipinski definition) is 5. The fraction of sp³-hybridized carbons (Fsp3) is 0.632. The summed E-state index contributed by atoms with van der Waals surface area (Å²) in [5.74, 6) is 1.30. The first kappa shape index (κ1) is 17.1. The number of benzene rings is 1. The van der Waals surface area contributed by atoms with Gasteiger partial charge >= 0.3 is 5.97 Å². The van der Waals surface area contributed by atoms with Gasteiger partial charge in [0.25, 0.3) is 0 Å². The van der Waals surface area contributed by atoms with Crippen molar-refractivity contribution < 1.29 is 23.7 Å². The molecule has 3 atom stereocenters. The van der Waals surface area contributed by atoms with Gasteiger partial charge < -0.3 is 18.9 Å². The van der Waals surface area contributed by atoms with E-state index in [1.807, 2.05) is 18.2 Å². The Bertz CT molecular complexity index is 571. The highest BCUT2D eigenvalue weighted by Gasteiger charge is 2.32. The van der Waals surface area contributed by atoms with Crippen LogP contribution in [0.5, 0.6) is 11.5 Å². The lowest BCUT2D eigenvalue weighted by atomic mass is 9.93. The number of carbonyl (C=O) groups is 1. The summed E-state index contributed by atoms with van der Waals surface area (Å²) in [6, 6.07) is 5.91. The second-order valence-electron chi connectivity index (χ2n) is 6.56. The van der Waals surface area contributed by atoms with Crippen LogP contribution in [0.2, 0.25) is 0 Å². The SMILES string of the molecule is CCCCC[C@H]1C[C@@H](OC(C)=O)C[C@@H](c2ccc3c(c2)OCO3)O1. The molecule has 0 aromatic heterocycles. The third kappa shape index (κ3) is 4.20. The first-order valence-corrected chi connectivity index (χ1v) is 8.88. The third-order valence-electron chi connectivity index (χ3n) is 4.59. The first-order chi connectivity index (χ1) is 11.7. The van der Waals surface area contributed by atoms with Crippen molar-refractivity contribution in [3.05, 3.63) is 23.8 Å². The molecule has 2 aliphatic rings.